The molecule has 0 aromatic carbocycles. The van der Waals surface area contributed by atoms with Gasteiger partial charge in [0.1, 0.15) is 0 Å². The van der Waals surface area contributed by atoms with Crippen molar-refractivity contribution >= 4 is 10.0 Å². The van der Waals surface area contributed by atoms with Crippen molar-refractivity contribution in [1.29, 1.82) is 0 Å². The molecule has 1 saturated heterocycles. The van der Waals surface area contributed by atoms with E-state index in [1.165, 1.54) is 19.3 Å². The minimum atomic E-state index is -3.10. The Morgan fingerprint density at radius 3 is 2.25 bits per heavy atom. The van der Waals surface area contributed by atoms with Gasteiger partial charge in [-0.25, -0.2) is 12.7 Å². The monoisotopic (exact) mass is 303 g/mol. The molecule has 0 atom stereocenters. The van der Waals surface area contributed by atoms with Crippen LogP contribution >= 0.6 is 0 Å². The van der Waals surface area contributed by atoms with Gasteiger partial charge in [0.2, 0.25) is 10.0 Å². The molecule has 4 nitrogen and oxygen atoms in total. The Labute approximate surface area is 123 Å². The maximum absolute atomic E-state index is 12.5. The number of aliphatic hydroxyl groups excluding tert-OH is 1. The summed E-state index contributed by atoms with van der Waals surface area (Å²) in [5.74, 6) is 0.704. The van der Waals surface area contributed by atoms with Crippen molar-refractivity contribution in [2.45, 2.75) is 58.3 Å². The number of sulfonamides is 1. The summed E-state index contributed by atoms with van der Waals surface area (Å²) in [6.45, 7) is 3.44. The lowest BCUT2D eigenvalue weighted by molar-refractivity contribution is 0.0646. The predicted molar refractivity (Wildman–Crippen MR) is 81.0 cm³/mol. The van der Waals surface area contributed by atoms with Crippen molar-refractivity contribution in [3.05, 3.63) is 0 Å². The predicted octanol–water partition coefficient (Wildman–Crippen LogP) is 2.38. The third kappa shape index (κ3) is 3.74. The second-order valence-corrected chi connectivity index (χ2v) is 8.71. The molecule has 2 fully saturated rings. The number of piperidine rings is 1. The molecular weight excluding hydrogens is 274 g/mol. The van der Waals surface area contributed by atoms with Crippen molar-refractivity contribution in [1.82, 2.24) is 4.31 Å². The minimum absolute atomic E-state index is 0.0448. The van der Waals surface area contributed by atoms with E-state index in [2.05, 4.69) is 6.92 Å². The molecule has 2 aliphatic rings. The molecule has 0 bridgehead atoms. The van der Waals surface area contributed by atoms with Crippen molar-refractivity contribution < 1.29 is 13.5 Å². The maximum Gasteiger partial charge on any atom is 0.214 e. The van der Waals surface area contributed by atoms with Gasteiger partial charge in [0, 0.05) is 19.7 Å². The summed E-state index contributed by atoms with van der Waals surface area (Å²) in [5.41, 5.74) is -0.0448. The Hall–Kier alpha value is -0.130. The van der Waals surface area contributed by atoms with Gasteiger partial charge < -0.3 is 5.11 Å². The average molecular weight is 303 g/mol. The van der Waals surface area contributed by atoms with Gasteiger partial charge in [-0.15, -0.1) is 0 Å². The standard InChI is InChI=1S/C15H29NO3S/c1-2-15(13-17)8-10-16(11-9-15)20(18,19)12-14-6-4-3-5-7-14/h14,17H,2-13H2,1H3. The molecule has 1 aliphatic carbocycles. The van der Waals surface area contributed by atoms with Crippen molar-refractivity contribution in [2.24, 2.45) is 11.3 Å². The van der Waals surface area contributed by atoms with Gasteiger partial charge in [-0.2, -0.15) is 0 Å². The van der Waals surface area contributed by atoms with Gasteiger partial charge in [-0.3, -0.25) is 0 Å². The maximum atomic E-state index is 12.5. The first-order chi connectivity index (χ1) is 9.51. The summed E-state index contributed by atoms with van der Waals surface area (Å²) >= 11 is 0. The highest BCUT2D eigenvalue weighted by Crippen LogP contribution is 2.35. The number of hydrogen-bond donors (Lipinski definition) is 1. The van der Waals surface area contributed by atoms with Crippen LogP contribution < -0.4 is 0 Å². The van der Waals surface area contributed by atoms with E-state index >= 15 is 0 Å². The van der Waals surface area contributed by atoms with Crippen LogP contribution in [0.4, 0.5) is 0 Å². The lowest BCUT2D eigenvalue weighted by atomic mass is 9.77. The molecule has 0 spiro atoms. The summed E-state index contributed by atoms with van der Waals surface area (Å²) in [6.07, 6.45) is 8.29. The first-order valence-electron chi connectivity index (χ1n) is 8.10. The highest BCUT2D eigenvalue weighted by molar-refractivity contribution is 7.89. The van der Waals surface area contributed by atoms with Gasteiger partial charge in [-0.1, -0.05) is 26.2 Å². The topological polar surface area (TPSA) is 57.6 Å². The fourth-order valence-electron chi connectivity index (χ4n) is 3.62. The molecule has 1 heterocycles. The summed E-state index contributed by atoms with van der Waals surface area (Å²) < 4.78 is 26.7. The zero-order chi connectivity index (χ0) is 14.6. The quantitative estimate of drug-likeness (QED) is 0.848. The number of hydrogen-bond acceptors (Lipinski definition) is 3. The van der Waals surface area contributed by atoms with Crippen LogP contribution in [-0.2, 0) is 10.0 Å². The Balaban J connectivity index is 1.91. The molecule has 0 aromatic rings. The van der Waals surface area contributed by atoms with E-state index in [1.54, 1.807) is 4.31 Å². The molecular formula is C15H29NO3S. The second kappa shape index (κ2) is 6.75. The molecule has 20 heavy (non-hydrogen) atoms. The van der Waals surface area contributed by atoms with Crippen LogP contribution in [0.3, 0.4) is 0 Å². The van der Waals surface area contributed by atoms with Gasteiger partial charge in [0.15, 0.2) is 0 Å². The van der Waals surface area contributed by atoms with E-state index in [9.17, 15) is 13.5 Å². The molecule has 0 amide bonds. The lowest BCUT2D eigenvalue weighted by Crippen LogP contribution is -2.45. The highest BCUT2D eigenvalue weighted by Gasteiger charge is 2.37. The second-order valence-electron chi connectivity index (χ2n) is 6.69. The summed E-state index contributed by atoms with van der Waals surface area (Å²) in [5, 5.41) is 9.52. The average Bonchev–Trinajstić information content (AvgIpc) is 2.48. The van der Waals surface area contributed by atoms with Crippen LogP contribution in [0.2, 0.25) is 0 Å². The van der Waals surface area contributed by atoms with Crippen LogP contribution in [-0.4, -0.2) is 43.3 Å². The Morgan fingerprint density at radius 1 is 1.15 bits per heavy atom. The van der Waals surface area contributed by atoms with Crippen LogP contribution in [0.25, 0.3) is 0 Å². The molecule has 0 unspecified atom stereocenters. The Morgan fingerprint density at radius 2 is 1.75 bits per heavy atom. The van der Waals surface area contributed by atoms with Gasteiger partial charge in [-0.05, 0) is 43.4 Å². The van der Waals surface area contributed by atoms with Gasteiger partial charge >= 0.3 is 0 Å². The third-order valence-corrected chi connectivity index (χ3v) is 7.48. The summed E-state index contributed by atoms with van der Waals surface area (Å²) in [6, 6.07) is 0. The van der Waals surface area contributed by atoms with Gasteiger partial charge in [0.25, 0.3) is 0 Å². The molecule has 1 saturated carbocycles. The van der Waals surface area contributed by atoms with Crippen LogP contribution in [0, 0.1) is 11.3 Å². The molecule has 118 valence electrons. The fourth-order valence-corrected chi connectivity index (χ4v) is 5.50. The Bertz CT molecular complexity index is 387. The van der Waals surface area contributed by atoms with Crippen molar-refractivity contribution in [2.75, 3.05) is 25.4 Å². The third-order valence-electron chi connectivity index (χ3n) is 5.43. The molecule has 1 aliphatic heterocycles. The smallest absolute Gasteiger partial charge is 0.214 e. The first-order valence-corrected chi connectivity index (χ1v) is 9.71. The molecule has 2 rings (SSSR count). The minimum Gasteiger partial charge on any atom is -0.396 e. The molecule has 0 radical (unpaired) electrons. The van der Waals surface area contributed by atoms with E-state index in [0.29, 0.717) is 24.8 Å². The number of rotatable bonds is 5. The Kier molecular flexibility index (Phi) is 5.49. The van der Waals surface area contributed by atoms with E-state index in [-0.39, 0.29) is 12.0 Å². The first kappa shape index (κ1) is 16.2. The van der Waals surface area contributed by atoms with E-state index in [4.69, 9.17) is 0 Å². The van der Waals surface area contributed by atoms with Crippen LogP contribution in [0.5, 0.6) is 0 Å². The number of nitrogens with zero attached hydrogens (tertiary/aromatic N) is 1. The van der Waals surface area contributed by atoms with E-state index < -0.39 is 10.0 Å². The van der Waals surface area contributed by atoms with Crippen LogP contribution in [0.15, 0.2) is 0 Å². The largest absolute Gasteiger partial charge is 0.396 e. The van der Waals surface area contributed by atoms with E-state index in [1.807, 2.05) is 0 Å². The fraction of sp³-hybridized carbons (Fsp3) is 1.00. The molecule has 1 N–H and O–H groups in total. The molecule has 5 heteroatoms. The van der Waals surface area contributed by atoms with Crippen molar-refractivity contribution in [3.63, 3.8) is 0 Å². The van der Waals surface area contributed by atoms with Crippen molar-refractivity contribution in [3.8, 4) is 0 Å². The lowest BCUT2D eigenvalue weighted by Gasteiger charge is -2.40. The zero-order valence-electron chi connectivity index (χ0n) is 12.7. The highest BCUT2D eigenvalue weighted by atomic mass is 32.2. The number of aliphatic hydroxyl groups is 1. The van der Waals surface area contributed by atoms with Crippen LogP contribution in [0.1, 0.15) is 58.3 Å². The SMILES string of the molecule is CCC1(CO)CCN(S(=O)(=O)CC2CCCCC2)CC1. The molecule has 0 aromatic heterocycles. The zero-order valence-corrected chi connectivity index (χ0v) is 13.5. The summed E-state index contributed by atoms with van der Waals surface area (Å²) in [4.78, 5) is 0. The van der Waals surface area contributed by atoms with E-state index in [0.717, 1.165) is 32.1 Å². The summed E-state index contributed by atoms with van der Waals surface area (Å²) in [7, 11) is -3.10. The van der Waals surface area contributed by atoms with Gasteiger partial charge in [0.05, 0.1) is 5.75 Å². The normalized spacial score (nSPS) is 25.7.